The predicted octanol–water partition coefficient (Wildman–Crippen LogP) is 1.90. The lowest BCUT2D eigenvalue weighted by Crippen LogP contribution is -2.33. The van der Waals surface area contributed by atoms with Gasteiger partial charge in [0, 0.05) is 6.54 Å². The molecule has 90 valence electrons. The summed E-state index contributed by atoms with van der Waals surface area (Å²) in [6.45, 7) is 6.78. The molecule has 2 aromatic rings. The minimum Gasteiger partial charge on any atom is -0.321 e. The molecule has 0 amide bonds. The van der Waals surface area contributed by atoms with Gasteiger partial charge in [-0.25, -0.2) is 9.66 Å². The monoisotopic (exact) mass is 231 g/mol. The highest BCUT2D eigenvalue weighted by Gasteiger charge is 2.07. The lowest BCUT2D eigenvalue weighted by Gasteiger charge is -2.14. The van der Waals surface area contributed by atoms with Crippen molar-refractivity contribution in [2.24, 2.45) is 5.92 Å². The third-order valence-corrected chi connectivity index (χ3v) is 2.60. The van der Waals surface area contributed by atoms with Crippen LogP contribution in [0.5, 0.6) is 0 Å². The van der Waals surface area contributed by atoms with E-state index in [1.165, 1.54) is 4.68 Å². The highest BCUT2D eigenvalue weighted by atomic mass is 16.1. The topological polar surface area (TPSA) is 46.9 Å². The number of hydrogen-bond acceptors (Lipinski definition) is 3. The van der Waals surface area contributed by atoms with Crippen molar-refractivity contribution >= 4 is 10.9 Å². The van der Waals surface area contributed by atoms with Crippen LogP contribution in [0.3, 0.4) is 0 Å². The molecule has 0 saturated heterocycles. The lowest BCUT2D eigenvalue weighted by molar-refractivity contribution is 0.623. The quantitative estimate of drug-likeness (QED) is 0.877. The maximum Gasteiger partial charge on any atom is 0.279 e. The fourth-order valence-electron chi connectivity index (χ4n) is 1.70. The molecule has 1 aromatic carbocycles. The molecule has 1 heterocycles. The zero-order valence-electron chi connectivity index (χ0n) is 10.4. The molecule has 0 aliphatic carbocycles. The first-order valence-corrected chi connectivity index (χ1v) is 5.82. The van der Waals surface area contributed by atoms with E-state index < -0.39 is 0 Å². The predicted molar refractivity (Wildman–Crippen MR) is 69.8 cm³/mol. The molecule has 0 aliphatic rings. The molecule has 1 aromatic heterocycles. The molecular formula is C13H17N3O. The largest absolute Gasteiger partial charge is 0.321 e. The molecule has 0 saturated carbocycles. The van der Waals surface area contributed by atoms with Crippen molar-refractivity contribution in [3.63, 3.8) is 0 Å². The number of nitrogens with one attached hydrogen (secondary N) is 1. The highest BCUT2D eigenvalue weighted by Crippen LogP contribution is 2.06. The van der Waals surface area contributed by atoms with Gasteiger partial charge in [0.1, 0.15) is 5.82 Å². The Bertz CT molecular complexity index is 587. The second-order valence-electron chi connectivity index (χ2n) is 4.57. The number of hydrogen-bond donors (Lipinski definition) is 1. The van der Waals surface area contributed by atoms with Crippen molar-refractivity contribution in [1.29, 1.82) is 0 Å². The smallest absolute Gasteiger partial charge is 0.279 e. The van der Waals surface area contributed by atoms with E-state index in [2.05, 4.69) is 24.3 Å². The van der Waals surface area contributed by atoms with E-state index in [1.807, 2.05) is 25.1 Å². The molecule has 4 nitrogen and oxygen atoms in total. The van der Waals surface area contributed by atoms with Crippen LogP contribution in [0.2, 0.25) is 0 Å². The summed E-state index contributed by atoms with van der Waals surface area (Å²) in [5.41, 5.74) is 3.83. The molecule has 0 unspecified atom stereocenters. The summed E-state index contributed by atoms with van der Waals surface area (Å²) in [4.78, 5) is 16.6. The van der Waals surface area contributed by atoms with Crippen LogP contribution in [-0.2, 0) is 0 Å². The van der Waals surface area contributed by atoms with Crippen LogP contribution < -0.4 is 11.0 Å². The van der Waals surface area contributed by atoms with Gasteiger partial charge in [-0.1, -0.05) is 26.0 Å². The van der Waals surface area contributed by atoms with Gasteiger partial charge in [0.15, 0.2) is 0 Å². The Hall–Kier alpha value is -1.84. The zero-order valence-corrected chi connectivity index (χ0v) is 10.4. The Labute approximate surface area is 100 Å². The minimum atomic E-state index is -0.0336. The first-order valence-electron chi connectivity index (χ1n) is 5.82. The van der Waals surface area contributed by atoms with Gasteiger partial charge in [-0.2, -0.15) is 0 Å². The second kappa shape index (κ2) is 4.57. The molecule has 0 aliphatic heterocycles. The first kappa shape index (κ1) is 11.6. The average Bonchev–Trinajstić information content (AvgIpc) is 2.28. The summed E-state index contributed by atoms with van der Waals surface area (Å²) in [5, 5.41) is 0.648. The Morgan fingerprint density at radius 2 is 2.06 bits per heavy atom. The molecule has 4 heteroatoms. The van der Waals surface area contributed by atoms with E-state index in [9.17, 15) is 4.79 Å². The van der Waals surface area contributed by atoms with Crippen molar-refractivity contribution in [3.05, 3.63) is 40.4 Å². The Morgan fingerprint density at radius 3 is 2.76 bits per heavy atom. The summed E-state index contributed by atoms with van der Waals surface area (Å²) in [6, 6.07) is 7.40. The number of aryl methyl sites for hydroxylation is 1. The van der Waals surface area contributed by atoms with Gasteiger partial charge in [0.05, 0.1) is 10.9 Å². The minimum absolute atomic E-state index is 0.0336. The molecule has 0 fully saturated rings. The average molecular weight is 231 g/mol. The zero-order chi connectivity index (χ0) is 12.4. The van der Waals surface area contributed by atoms with Crippen LogP contribution in [0.4, 0.5) is 0 Å². The number of aromatic nitrogens is 2. The first-order chi connectivity index (χ1) is 8.09. The summed E-state index contributed by atoms with van der Waals surface area (Å²) >= 11 is 0. The number of fused-ring (bicyclic) bond motifs is 1. The number of rotatable bonds is 3. The SMILES string of the molecule is Cc1nc2ccccc2c(=O)n1NCC(C)C. The summed E-state index contributed by atoms with van der Waals surface area (Å²) in [6.07, 6.45) is 0. The Morgan fingerprint density at radius 1 is 1.35 bits per heavy atom. The van der Waals surface area contributed by atoms with E-state index in [4.69, 9.17) is 0 Å². The molecule has 0 radical (unpaired) electrons. The van der Waals surface area contributed by atoms with E-state index in [0.717, 1.165) is 12.1 Å². The maximum absolute atomic E-state index is 12.2. The van der Waals surface area contributed by atoms with E-state index in [0.29, 0.717) is 17.1 Å². The van der Waals surface area contributed by atoms with E-state index in [1.54, 1.807) is 6.07 Å². The van der Waals surface area contributed by atoms with Crippen LogP contribution >= 0.6 is 0 Å². The van der Waals surface area contributed by atoms with Gasteiger partial charge in [-0.05, 0) is 25.0 Å². The van der Waals surface area contributed by atoms with E-state index >= 15 is 0 Å². The van der Waals surface area contributed by atoms with Gasteiger partial charge < -0.3 is 5.43 Å². The second-order valence-corrected chi connectivity index (χ2v) is 4.57. The number of para-hydroxylation sites is 1. The molecule has 0 bridgehead atoms. The van der Waals surface area contributed by atoms with Crippen molar-refractivity contribution < 1.29 is 0 Å². The number of nitrogens with zero attached hydrogens (tertiary/aromatic N) is 2. The fraction of sp³-hybridized carbons (Fsp3) is 0.385. The van der Waals surface area contributed by atoms with Crippen LogP contribution in [0.1, 0.15) is 19.7 Å². The van der Waals surface area contributed by atoms with Gasteiger partial charge in [-0.15, -0.1) is 0 Å². The van der Waals surface area contributed by atoms with Crippen molar-refractivity contribution in [1.82, 2.24) is 9.66 Å². The summed E-state index contributed by atoms with van der Waals surface area (Å²) < 4.78 is 1.53. The third-order valence-electron chi connectivity index (χ3n) is 2.60. The van der Waals surface area contributed by atoms with Crippen LogP contribution in [0.15, 0.2) is 29.1 Å². The molecule has 0 atom stereocenters. The lowest BCUT2D eigenvalue weighted by atomic mass is 10.2. The Balaban J connectivity index is 2.52. The van der Waals surface area contributed by atoms with Crippen molar-refractivity contribution in [3.8, 4) is 0 Å². The van der Waals surface area contributed by atoms with Gasteiger partial charge in [-0.3, -0.25) is 4.79 Å². The molecule has 2 rings (SSSR count). The van der Waals surface area contributed by atoms with Crippen molar-refractivity contribution in [2.75, 3.05) is 12.0 Å². The van der Waals surface area contributed by atoms with Gasteiger partial charge >= 0.3 is 0 Å². The van der Waals surface area contributed by atoms with Gasteiger partial charge in [0.2, 0.25) is 0 Å². The summed E-state index contributed by atoms with van der Waals surface area (Å²) in [5.74, 6) is 1.17. The molecule has 17 heavy (non-hydrogen) atoms. The molecular weight excluding hydrogens is 214 g/mol. The fourth-order valence-corrected chi connectivity index (χ4v) is 1.70. The third kappa shape index (κ3) is 2.30. The Kier molecular flexibility index (Phi) is 3.13. The van der Waals surface area contributed by atoms with Crippen LogP contribution in [0.25, 0.3) is 10.9 Å². The van der Waals surface area contributed by atoms with Crippen LogP contribution in [0, 0.1) is 12.8 Å². The molecule has 1 N–H and O–H groups in total. The number of benzene rings is 1. The summed E-state index contributed by atoms with van der Waals surface area (Å²) in [7, 11) is 0. The standard InChI is InChI=1S/C13H17N3O/c1-9(2)8-14-16-10(3)15-12-7-5-4-6-11(12)13(16)17/h4-7,9,14H,8H2,1-3H3. The maximum atomic E-state index is 12.2. The van der Waals surface area contributed by atoms with Gasteiger partial charge in [0.25, 0.3) is 5.56 Å². The highest BCUT2D eigenvalue weighted by molar-refractivity contribution is 5.77. The van der Waals surface area contributed by atoms with E-state index in [-0.39, 0.29) is 5.56 Å². The van der Waals surface area contributed by atoms with Crippen molar-refractivity contribution in [2.45, 2.75) is 20.8 Å². The molecule has 0 spiro atoms. The normalized spacial score (nSPS) is 11.1. The van der Waals surface area contributed by atoms with Crippen LogP contribution in [-0.4, -0.2) is 16.2 Å².